The first-order chi connectivity index (χ1) is 11.5. The van der Waals surface area contributed by atoms with Gasteiger partial charge in [0, 0.05) is 0 Å². The van der Waals surface area contributed by atoms with Gasteiger partial charge < -0.3 is 5.11 Å². The minimum atomic E-state index is -0.411. The normalized spacial score (nSPS) is 16.8. The van der Waals surface area contributed by atoms with Crippen molar-refractivity contribution in [2.75, 3.05) is 0 Å². The molecule has 0 heterocycles. The lowest BCUT2D eigenvalue weighted by Gasteiger charge is -2.33. The van der Waals surface area contributed by atoms with E-state index in [1.165, 1.54) is 77.0 Å². The minimum Gasteiger partial charge on any atom is -0.390 e. The minimum absolute atomic E-state index is 0.411. The molecule has 0 aromatic carbocycles. The van der Waals surface area contributed by atoms with E-state index in [-0.39, 0.29) is 0 Å². The van der Waals surface area contributed by atoms with Gasteiger partial charge in [0.25, 0.3) is 0 Å². The van der Waals surface area contributed by atoms with Crippen LogP contribution in [0.1, 0.15) is 131 Å². The number of hydrogen-bond donors (Lipinski definition) is 1. The molecule has 0 radical (unpaired) electrons. The van der Waals surface area contributed by atoms with E-state index in [1.807, 2.05) is 0 Å². The summed E-state index contributed by atoms with van der Waals surface area (Å²) in [7, 11) is 0. The first kappa shape index (κ1) is 24.0. The molecular formula is C23H48O. The summed E-state index contributed by atoms with van der Waals surface area (Å²) >= 11 is 0. The average Bonchev–Trinajstić information content (AvgIpc) is 2.50. The zero-order valence-electron chi connectivity index (χ0n) is 17.7. The molecule has 0 rings (SSSR count). The van der Waals surface area contributed by atoms with Crippen molar-refractivity contribution in [3.05, 3.63) is 0 Å². The molecule has 0 saturated heterocycles. The van der Waals surface area contributed by atoms with Gasteiger partial charge in [0.05, 0.1) is 5.60 Å². The van der Waals surface area contributed by atoms with Crippen LogP contribution in [0, 0.1) is 11.8 Å². The molecule has 0 aromatic rings. The molecule has 0 aliphatic carbocycles. The van der Waals surface area contributed by atoms with E-state index in [4.69, 9.17) is 0 Å². The molecule has 1 nitrogen and oxygen atoms in total. The van der Waals surface area contributed by atoms with Crippen molar-refractivity contribution in [2.24, 2.45) is 11.8 Å². The van der Waals surface area contributed by atoms with Crippen LogP contribution in [0.15, 0.2) is 0 Å². The van der Waals surface area contributed by atoms with Crippen LogP contribution in [0.4, 0.5) is 0 Å². The summed E-state index contributed by atoms with van der Waals surface area (Å²) in [6, 6.07) is 0. The van der Waals surface area contributed by atoms with Crippen molar-refractivity contribution in [1.29, 1.82) is 0 Å². The van der Waals surface area contributed by atoms with Gasteiger partial charge in [-0.3, -0.25) is 0 Å². The van der Waals surface area contributed by atoms with Crippen LogP contribution in [-0.4, -0.2) is 10.7 Å². The van der Waals surface area contributed by atoms with Crippen molar-refractivity contribution < 1.29 is 5.11 Å². The van der Waals surface area contributed by atoms with E-state index in [1.54, 1.807) is 0 Å². The highest BCUT2D eigenvalue weighted by Gasteiger charge is 2.30. The fourth-order valence-corrected chi connectivity index (χ4v) is 4.36. The summed E-state index contributed by atoms with van der Waals surface area (Å²) in [5, 5.41) is 11.3. The second-order valence-corrected chi connectivity index (χ2v) is 8.65. The van der Waals surface area contributed by atoms with Crippen molar-refractivity contribution in [3.8, 4) is 0 Å². The zero-order valence-corrected chi connectivity index (χ0v) is 17.7. The monoisotopic (exact) mass is 340 g/mol. The maximum atomic E-state index is 11.3. The fourth-order valence-electron chi connectivity index (χ4n) is 4.36. The summed E-state index contributed by atoms with van der Waals surface area (Å²) in [5.74, 6) is 1.31. The molecule has 0 fully saturated rings. The second-order valence-electron chi connectivity index (χ2n) is 8.65. The van der Waals surface area contributed by atoms with E-state index in [2.05, 4.69) is 34.6 Å². The van der Waals surface area contributed by atoms with E-state index in [0.717, 1.165) is 19.3 Å². The summed E-state index contributed by atoms with van der Waals surface area (Å²) in [5.41, 5.74) is -0.411. The van der Waals surface area contributed by atoms with Gasteiger partial charge >= 0.3 is 0 Å². The predicted octanol–water partition coefficient (Wildman–Crippen LogP) is 7.90. The van der Waals surface area contributed by atoms with Crippen LogP contribution in [0.5, 0.6) is 0 Å². The Labute approximate surface area is 154 Å². The highest BCUT2D eigenvalue weighted by Crippen LogP contribution is 2.33. The van der Waals surface area contributed by atoms with Crippen LogP contribution in [-0.2, 0) is 0 Å². The molecule has 0 spiro atoms. The molecular weight excluding hydrogens is 292 g/mol. The summed E-state index contributed by atoms with van der Waals surface area (Å²) in [6.45, 7) is 11.4. The number of aliphatic hydroxyl groups is 1. The maximum absolute atomic E-state index is 11.3. The SMILES string of the molecule is CCCCCCCCCCC(O)(CC(C)CCC)CC(C)CCC. The van der Waals surface area contributed by atoms with Gasteiger partial charge in [-0.05, 0) is 31.1 Å². The molecule has 1 N–H and O–H groups in total. The third-order valence-corrected chi connectivity index (χ3v) is 5.52. The molecule has 0 aliphatic heterocycles. The van der Waals surface area contributed by atoms with E-state index < -0.39 is 5.60 Å². The lowest BCUT2D eigenvalue weighted by molar-refractivity contribution is -0.0150. The average molecular weight is 341 g/mol. The Morgan fingerprint density at radius 2 is 1.04 bits per heavy atom. The Balaban J connectivity index is 4.18. The van der Waals surface area contributed by atoms with E-state index in [9.17, 15) is 5.11 Å². The quantitative estimate of drug-likeness (QED) is 0.267. The predicted molar refractivity (Wildman–Crippen MR) is 110 cm³/mol. The molecule has 0 saturated carbocycles. The van der Waals surface area contributed by atoms with Crippen LogP contribution in [0.25, 0.3) is 0 Å². The number of hydrogen-bond acceptors (Lipinski definition) is 1. The van der Waals surface area contributed by atoms with Gasteiger partial charge in [-0.2, -0.15) is 0 Å². The Morgan fingerprint density at radius 1 is 0.625 bits per heavy atom. The van der Waals surface area contributed by atoms with Crippen LogP contribution in [0.3, 0.4) is 0 Å². The first-order valence-electron chi connectivity index (χ1n) is 11.2. The summed E-state index contributed by atoms with van der Waals surface area (Å²) in [4.78, 5) is 0. The van der Waals surface area contributed by atoms with Crippen molar-refractivity contribution in [2.45, 2.75) is 137 Å². The largest absolute Gasteiger partial charge is 0.390 e. The smallest absolute Gasteiger partial charge is 0.0652 e. The number of rotatable bonds is 17. The van der Waals surface area contributed by atoms with Gasteiger partial charge in [-0.25, -0.2) is 0 Å². The van der Waals surface area contributed by atoms with Crippen LogP contribution >= 0.6 is 0 Å². The summed E-state index contributed by atoms with van der Waals surface area (Å²) < 4.78 is 0. The van der Waals surface area contributed by atoms with Gasteiger partial charge in [0.2, 0.25) is 0 Å². The van der Waals surface area contributed by atoms with Crippen LogP contribution < -0.4 is 0 Å². The Bertz CT molecular complexity index is 247. The second kappa shape index (κ2) is 15.2. The van der Waals surface area contributed by atoms with Gasteiger partial charge in [0.1, 0.15) is 0 Å². The molecule has 0 bridgehead atoms. The highest BCUT2D eigenvalue weighted by atomic mass is 16.3. The topological polar surface area (TPSA) is 20.2 Å². The molecule has 2 atom stereocenters. The van der Waals surface area contributed by atoms with Gasteiger partial charge in [-0.1, -0.05) is 112 Å². The highest BCUT2D eigenvalue weighted by molar-refractivity contribution is 4.82. The third kappa shape index (κ3) is 13.3. The van der Waals surface area contributed by atoms with Crippen LogP contribution in [0.2, 0.25) is 0 Å². The molecule has 0 amide bonds. The van der Waals surface area contributed by atoms with Gasteiger partial charge in [-0.15, -0.1) is 0 Å². The van der Waals surface area contributed by atoms with Crippen molar-refractivity contribution in [1.82, 2.24) is 0 Å². The molecule has 146 valence electrons. The van der Waals surface area contributed by atoms with Crippen molar-refractivity contribution in [3.63, 3.8) is 0 Å². The molecule has 0 aliphatic rings. The van der Waals surface area contributed by atoms with E-state index >= 15 is 0 Å². The number of unbranched alkanes of at least 4 members (excludes halogenated alkanes) is 7. The molecule has 24 heavy (non-hydrogen) atoms. The lowest BCUT2D eigenvalue weighted by Crippen LogP contribution is -2.33. The third-order valence-electron chi connectivity index (χ3n) is 5.52. The molecule has 2 unspecified atom stereocenters. The molecule has 1 heteroatoms. The Morgan fingerprint density at radius 3 is 1.46 bits per heavy atom. The summed E-state index contributed by atoms with van der Waals surface area (Å²) in [6.07, 6.45) is 18.8. The standard InChI is InChI=1S/C23H48O/c1-6-9-10-11-12-13-14-15-18-23(24,19-21(4)16-7-2)20-22(5)17-8-3/h21-22,24H,6-20H2,1-5H3. The fraction of sp³-hybridized carbons (Fsp3) is 1.00. The lowest BCUT2D eigenvalue weighted by atomic mass is 9.78. The Kier molecular flexibility index (Phi) is 15.2. The Hall–Kier alpha value is -0.0400. The zero-order chi connectivity index (χ0) is 18.3. The maximum Gasteiger partial charge on any atom is 0.0652 e. The van der Waals surface area contributed by atoms with E-state index in [0.29, 0.717) is 11.8 Å². The van der Waals surface area contributed by atoms with Crippen molar-refractivity contribution >= 4 is 0 Å². The molecule has 0 aromatic heterocycles. The first-order valence-corrected chi connectivity index (χ1v) is 11.2. The van der Waals surface area contributed by atoms with Gasteiger partial charge in [0.15, 0.2) is 0 Å².